The third-order valence-corrected chi connectivity index (χ3v) is 5.42. The van der Waals surface area contributed by atoms with Crippen LogP contribution in [0.2, 0.25) is 0 Å². The molecular weight excluding hydrogens is 318 g/mol. The third-order valence-electron chi connectivity index (χ3n) is 2.65. The van der Waals surface area contributed by atoms with Crippen molar-refractivity contribution < 1.29 is 27.9 Å². The Labute approximate surface area is 124 Å². The van der Waals surface area contributed by atoms with E-state index in [4.69, 9.17) is 0 Å². The molecule has 1 aromatic carbocycles. The fraction of sp³-hybridized carbons (Fsp3) is 0.167. The van der Waals surface area contributed by atoms with Gasteiger partial charge in [-0.15, -0.1) is 11.3 Å². The molecular formula is C12H11NO6S2. The van der Waals surface area contributed by atoms with E-state index in [1.807, 2.05) is 4.72 Å². The highest BCUT2D eigenvalue weighted by atomic mass is 32.2. The van der Waals surface area contributed by atoms with Gasteiger partial charge < -0.3 is 9.84 Å². The van der Waals surface area contributed by atoms with Crippen LogP contribution in [0.15, 0.2) is 29.2 Å². The Hall–Kier alpha value is -1.97. The first-order valence-corrected chi connectivity index (χ1v) is 7.98. The van der Waals surface area contributed by atoms with Crippen molar-refractivity contribution in [3.8, 4) is 0 Å². The topological polar surface area (TPSA) is 110 Å². The van der Waals surface area contributed by atoms with Crippen molar-refractivity contribution >= 4 is 43.4 Å². The summed E-state index contributed by atoms with van der Waals surface area (Å²) in [6, 6.07) is 6.44. The van der Waals surface area contributed by atoms with Crippen LogP contribution in [-0.2, 0) is 19.6 Å². The molecule has 0 saturated heterocycles. The SMILES string of the molecule is COC(=O)CNS(=O)(=O)c1c(C(=O)O)sc2ccccc12. The molecule has 2 aromatic rings. The van der Waals surface area contributed by atoms with E-state index in [0.29, 0.717) is 10.1 Å². The number of hydrogen-bond donors (Lipinski definition) is 2. The molecule has 1 heterocycles. The van der Waals surface area contributed by atoms with Gasteiger partial charge in [0.1, 0.15) is 16.3 Å². The maximum Gasteiger partial charge on any atom is 0.347 e. The first-order valence-electron chi connectivity index (χ1n) is 5.68. The highest BCUT2D eigenvalue weighted by Crippen LogP contribution is 2.34. The maximum absolute atomic E-state index is 12.3. The zero-order chi connectivity index (χ0) is 15.6. The molecule has 7 nitrogen and oxygen atoms in total. The Morgan fingerprint density at radius 2 is 2.00 bits per heavy atom. The number of nitrogens with one attached hydrogen (secondary N) is 1. The standard InChI is InChI=1S/C12H11NO6S2/c1-19-9(14)6-13-21(17,18)11-7-4-2-3-5-8(7)20-10(11)12(15)16/h2-5,13H,6H2,1H3,(H,15,16). The normalized spacial score (nSPS) is 11.5. The van der Waals surface area contributed by atoms with Gasteiger partial charge in [-0.1, -0.05) is 18.2 Å². The molecule has 0 unspecified atom stereocenters. The van der Waals surface area contributed by atoms with Crippen molar-refractivity contribution in [2.45, 2.75) is 4.90 Å². The second kappa shape index (κ2) is 5.80. The molecule has 9 heteroatoms. The molecule has 0 aliphatic carbocycles. The van der Waals surface area contributed by atoms with Crippen LogP contribution in [0.4, 0.5) is 0 Å². The molecule has 0 amide bonds. The van der Waals surface area contributed by atoms with Crippen LogP contribution in [0, 0.1) is 0 Å². The lowest BCUT2D eigenvalue weighted by molar-refractivity contribution is -0.139. The number of aromatic carboxylic acids is 1. The number of carbonyl (C=O) groups is 2. The number of ether oxygens (including phenoxy) is 1. The minimum absolute atomic E-state index is 0.298. The lowest BCUT2D eigenvalue weighted by Gasteiger charge is -2.06. The predicted molar refractivity (Wildman–Crippen MR) is 76.0 cm³/mol. The first-order chi connectivity index (χ1) is 9.86. The van der Waals surface area contributed by atoms with Crippen molar-refractivity contribution in [2.24, 2.45) is 0 Å². The van der Waals surface area contributed by atoms with Crippen LogP contribution in [0.25, 0.3) is 10.1 Å². The highest BCUT2D eigenvalue weighted by molar-refractivity contribution is 7.90. The number of rotatable bonds is 5. The zero-order valence-corrected chi connectivity index (χ0v) is 12.5. The number of carbonyl (C=O) groups excluding carboxylic acids is 1. The van der Waals surface area contributed by atoms with Gasteiger partial charge in [0.05, 0.1) is 7.11 Å². The molecule has 2 rings (SSSR count). The van der Waals surface area contributed by atoms with E-state index in [0.717, 1.165) is 18.4 Å². The molecule has 21 heavy (non-hydrogen) atoms. The third kappa shape index (κ3) is 3.04. The smallest absolute Gasteiger partial charge is 0.347 e. The molecule has 0 radical (unpaired) electrons. The van der Waals surface area contributed by atoms with Gasteiger partial charge in [-0.25, -0.2) is 13.2 Å². The van der Waals surface area contributed by atoms with Gasteiger partial charge in [0.15, 0.2) is 0 Å². The van der Waals surface area contributed by atoms with Crippen molar-refractivity contribution in [2.75, 3.05) is 13.7 Å². The zero-order valence-electron chi connectivity index (χ0n) is 10.8. The number of thiophene rings is 1. The molecule has 0 aliphatic heterocycles. The second-order valence-corrected chi connectivity index (χ2v) is 6.72. The summed E-state index contributed by atoms with van der Waals surface area (Å²) in [6.07, 6.45) is 0. The number of esters is 1. The summed E-state index contributed by atoms with van der Waals surface area (Å²) in [6.45, 7) is -0.567. The van der Waals surface area contributed by atoms with E-state index in [-0.39, 0.29) is 9.77 Å². The van der Waals surface area contributed by atoms with Crippen molar-refractivity contribution in [1.82, 2.24) is 4.72 Å². The monoisotopic (exact) mass is 329 g/mol. The minimum atomic E-state index is -4.15. The van der Waals surface area contributed by atoms with Gasteiger partial charge >= 0.3 is 11.9 Å². The Bertz CT molecular complexity index is 808. The second-order valence-electron chi connectivity index (χ2n) is 3.96. The Morgan fingerprint density at radius 3 is 2.62 bits per heavy atom. The summed E-state index contributed by atoms with van der Waals surface area (Å²) in [5.41, 5.74) is 0. The van der Waals surface area contributed by atoms with E-state index in [1.54, 1.807) is 18.2 Å². The summed E-state index contributed by atoms with van der Waals surface area (Å²) >= 11 is 0.864. The number of carboxylic acid groups (broad SMARTS) is 1. The molecule has 112 valence electrons. The van der Waals surface area contributed by atoms with Crippen molar-refractivity contribution in [3.63, 3.8) is 0 Å². The van der Waals surface area contributed by atoms with Gasteiger partial charge in [-0.2, -0.15) is 4.72 Å². The summed E-state index contributed by atoms with van der Waals surface area (Å²) in [4.78, 5) is 21.7. The number of fused-ring (bicyclic) bond motifs is 1. The van der Waals surface area contributed by atoms with Gasteiger partial charge in [0.2, 0.25) is 10.0 Å². The van der Waals surface area contributed by atoms with E-state index in [2.05, 4.69) is 4.74 Å². The molecule has 1 aromatic heterocycles. The fourth-order valence-electron chi connectivity index (χ4n) is 1.73. The van der Waals surface area contributed by atoms with Gasteiger partial charge in [-0.05, 0) is 6.07 Å². The Kier molecular flexibility index (Phi) is 4.26. The molecule has 0 saturated carbocycles. The molecule has 0 atom stereocenters. The quantitative estimate of drug-likeness (QED) is 0.794. The van der Waals surface area contributed by atoms with Gasteiger partial charge in [0, 0.05) is 10.1 Å². The number of benzene rings is 1. The fourth-order valence-corrected chi connectivity index (χ4v) is 4.43. The summed E-state index contributed by atoms with van der Waals surface area (Å²) in [7, 11) is -3.02. The van der Waals surface area contributed by atoms with Crippen LogP contribution >= 0.6 is 11.3 Å². The Balaban J connectivity index is 2.56. The van der Waals surface area contributed by atoms with Gasteiger partial charge in [-0.3, -0.25) is 4.79 Å². The highest BCUT2D eigenvalue weighted by Gasteiger charge is 2.28. The average Bonchev–Trinajstić information content (AvgIpc) is 2.85. The van der Waals surface area contributed by atoms with E-state index < -0.39 is 28.5 Å². The van der Waals surface area contributed by atoms with Crippen LogP contribution < -0.4 is 4.72 Å². The number of hydrogen-bond acceptors (Lipinski definition) is 6. The maximum atomic E-state index is 12.3. The predicted octanol–water partition coefficient (Wildman–Crippen LogP) is 1.05. The van der Waals surface area contributed by atoms with Crippen LogP contribution in [-0.4, -0.2) is 39.1 Å². The van der Waals surface area contributed by atoms with Gasteiger partial charge in [0.25, 0.3) is 0 Å². The largest absolute Gasteiger partial charge is 0.477 e. The lowest BCUT2D eigenvalue weighted by Crippen LogP contribution is -2.30. The number of sulfonamides is 1. The summed E-state index contributed by atoms with van der Waals surface area (Å²) < 4.78 is 31.5. The molecule has 0 spiro atoms. The Morgan fingerprint density at radius 1 is 1.33 bits per heavy atom. The lowest BCUT2D eigenvalue weighted by atomic mass is 10.2. The van der Waals surface area contributed by atoms with E-state index in [1.165, 1.54) is 6.07 Å². The molecule has 0 aliphatic rings. The molecule has 2 N–H and O–H groups in total. The van der Waals surface area contributed by atoms with E-state index in [9.17, 15) is 23.1 Å². The molecule has 0 fully saturated rings. The average molecular weight is 329 g/mol. The van der Waals surface area contributed by atoms with Crippen LogP contribution in [0.1, 0.15) is 9.67 Å². The van der Waals surface area contributed by atoms with Crippen LogP contribution in [0.3, 0.4) is 0 Å². The molecule has 0 bridgehead atoms. The van der Waals surface area contributed by atoms with Crippen LogP contribution in [0.5, 0.6) is 0 Å². The van der Waals surface area contributed by atoms with E-state index >= 15 is 0 Å². The number of carboxylic acids is 1. The number of methoxy groups -OCH3 is 1. The first kappa shape index (κ1) is 15.4. The minimum Gasteiger partial charge on any atom is -0.477 e. The summed E-state index contributed by atoms with van der Waals surface area (Å²) in [5.74, 6) is -2.11. The van der Waals surface area contributed by atoms with Crippen molar-refractivity contribution in [3.05, 3.63) is 29.1 Å². The summed E-state index contributed by atoms with van der Waals surface area (Å²) in [5, 5.41) is 9.48. The van der Waals surface area contributed by atoms with Crippen molar-refractivity contribution in [1.29, 1.82) is 0 Å².